The van der Waals surface area contributed by atoms with E-state index in [-0.39, 0.29) is 24.2 Å². The third-order valence-electron chi connectivity index (χ3n) is 5.86. The highest BCUT2D eigenvalue weighted by molar-refractivity contribution is 5.88. The molecule has 1 fully saturated rings. The van der Waals surface area contributed by atoms with E-state index in [2.05, 4.69) is 25.6 Å². The second kappa shape index (κ2) is 11.7. The van der Waals surface area contributed by atoms with E-state index < -0.39 is 11.6 Å². The first-order valence-corrected chi connectivity index (χ1v) is 12.5. The molecule has 3 aromatic heterocycles. The number of furan rings is 2. The van der Waals surface area contributed by atoms with E-state index in [1.165, 1.54) is 11.1 Å². The Labute approximate surface area is 215 Å². The molecule has 1 aliphatic heterocycles. The van der Waals surface area contributed by atoms with Crippen LogP contribution in [0.1, 0.15) is 44.8 Å². The zero-order valence-corrected chi connectivity index (χ0v) is 21.8. The van der Waals surface area contributed by atoms with Crippen LogP contribution in [0.3, 0.4) is 0 Å². The van der Waals surface area contributed by atoms with Gasteiger partial charge in [0.25, 0.3) is 5.91 Å². The van der Waals surface area contributed by atoms with Gasteiger partial charge in [0.15, 0.2) is 11.8 Å². The maximum Gasteiger partial charge on any atom is 0.251 e. The first kappa shape index (κ1) is 26.6. The number of carbonyl (C=O) groups is 2. The minimum atomic E-state index is -0.942. The monoisotopic (exact) mass is 513 g/mol. The fraction of sp³-hybridized carbons (Fsp3) is 0.560. The van der Waals surface area contributed by atoms with E-state index in [0.29, 0.717) is 37.7 Å². The highest BCUT2D eigenvalue weighted by atomic mass is 16.5. The van der Waals surface area contributed by atoms with Crippen LogP contribution in [0.2, 0.25) is 0 Å². The van der Waals surface area contributed by atoms with Crippen molar-refractivity contribution in [3.8, 4) is 11.6 Å². The van der Waals surface area contributed by atoms with Gasteiger partial charge in [-0.15, -0.1) is 10.2 Å². The molecule has 0 spiro atoms. The molecule has 12 nitrogen and oxygen atoms in total. The second-order valence-corrected chi connectivity index (χ2v) is 10.1. The van der Waals surface area contributed by atoms with Gasteiger partial charge in [-0.1, -0.05) is 0 Å². The third-order valence-corrected chi connectivity index (χ3v) is 5.86. The second-order valence-electron chi connectivity index (χ2n) is 10.1. The summed E-state index contributed by atoms with van der Waals surface area (Å²) in [6, 6.07) is 6.03. The lowest BCUT2D eigenvalue weighted by atomic mass is 10.1. The van der Waals surface area contributed by atoms with Crippen LogP contribution in [0.25, 0.3) is 11.6 Å². The molecule has 1 aliphatic rings. The summed E-state index contributed by atoms with van der Waals surface area (Å²) in [5, 5.41) is 15.3. The molecule has 37 heavy (non-hydrogen) atoms. The van der Waals surface area contributed by atoms with Gasteiger partial charge >= 0.3 is 0 Å². The summed E-state index contributed by atoms with van der Waals surface area (Å²) in [7, 11) is 0. The Morgan fingerprint density at radius 3 is 2.62 bits per heavy atom. The van der Waals surface area contributed by atoms with Gasteiger partial charge in [-0.05, 0) is 63.6 Å². The minimum Gasteiger partial charge on any atom is -0.467 e. The van der Waals surface area contributed by atoms with Gasteiger partial charge in [-0.2, -0.15) is 4.80 Å². The number of amides is 2. The number of carbonyl (C=O) groups excluding carboxylic acids is 2. The Morgan fingerprint density at radius 1 is 1.19 bits per heavy atom. The molecule has 0 bridgehead atoms. The van der Waals surface area contributed by atoms with E-state index in [0.717, 1.165) is 25.4 Å². The Morgan fingerprint density at radius 2 is 1.97 bits per heavy atom. The summed E-state index contributed by atoms with van der Waals surface area (Å²) < 4.78 is 16.6. The molecular formula is C25H35N7O5. The molecular weight excluding hydrogens is 478 g/mol. The normalized spacial score (nSPS) is 15.5. The molecule has 3 aromatic rings. The lowest BCUT2D eigenvalue weighted by Crippen LogP contribution is -2.50. The average Bonchev–Trinajstić information content (AvgIpc) is 3.60. The summed E-state index contributed by atoms with van der Waals surface area (Å²) in [6.45, 7) is 11.5. The SMILES string of the molecule is Cc1ccc(-c2nnn(CC(=O)N(CCCN3CCOCC3)C(C(=O)NC(C)(C)C)c3ccco3)n2)o1. The lowest BCUT2D eigenvalue weighted by Gasteiger charge is -2.33. The molecule has 2 amide bonds. The lowest BCUT2D eigenvalue weighted by molar-refractivity contribution is -0.143. The molecule has 200 valence electrons. The topological polar surface area (TPSA) is 132 Å². The van der Waals surface area contributed by atoms with Gasteiger partial charge in [-0.25, -0.2) is 0 Å². The van der Waals surface area contributed by atoms with E-state index in [1.807, 2.05) is 27.7 Å². The Hall–Kier alpha value is -3.51. The smallest absolute Gasteiger partial charge is 0.251 e. The maximum atomic E-state index is 13.7. The van der Waals surface area contributed by atoms with Crippen LogP contribution in [0, 0.1) is 6.92 Å². The molecule has 1 N–H and O–H groups in total. The van der Waals surface area contributed by atoms with Crippen LogP contribution in [-0.4, -0.2) is 86.8 Å². The summed E-state index contributed by atoms with van der Waals surface area (Å²) >= 11 is 0. The van der Waals surface area contributed by atoms with E-state index in [9.17, 15) is 9.59 Å². The molecule has 1 saturated heterocycles. The quantitative estimate of drug-likeness (QED) is 0.432. The number of nitrogens with zero attached hydrogens (tertiary/aromatic N) is 6. The zero-order chi connectivity index (χ0) is 26.4. The standard InChI is InChI=1S/C25H35N7O5/c1-18-8-9-20(37-18)23-27-29-32(28-23)17-21(33)31(11-6-10-30-12-15-35-16-13-30)22(19-7-5-14-36-19)24(34)26-25(2,3)4/h5,7-9,14,22H,6,10-13,15-17H2,1-4H3,(H,26,34). The summed E-state index contributed by atoms with van der Waals surface area (Å²) in [5.74, 6) is 1.22. The van der Waals surface area contributed by atoms with Crippen molar-refractivity contribution in [3.05, 3.63) is 42.0 Å². The first-order chi connectivity index (χ1) is 17.7. The molecule has 12 heteroatoms. The highest BCUT2D eigenvalue weighted by Crippen LogP contribution is 2.24. The van der Waals surface area contributed by atoms with Crippen molar-refractivity contribution >= 4 is 11.8 Å². The maximum absolute atomic E-state index is 13.7. The largest absolute Gasteiger partial charge is 0.467 e. The van der Waals surface area contributed by atoms with Crippen LogP contribution in [0.4, 0.5) is 0 Å². The van der Waals surface area contributed by atoms with Crippen molar-refractivity contribution in [2.45, 2.75) is 52.2 Å². The van der Waals surface area contributed by atoms with E-state index in [4.69, 9.17) is 13.6 Å². The number of aromatic nitrogens is 4. The molecule has 0 radical (unpaired) electrons. The van der Waals surface area contributed by atoms with Crippen molar-refractivity contribution in [2.24, 2.45) is 0 Å². The molecule has 0 saturated carbocycles. The molecule has 1 unspecified atom stereocenters. The Kier molecular flexibility index (Phi) is 8.39. The first-order valence-electron chi connectivity index (χ1n) is 12.5. The summed E-state index contributed by atoms with van der Waals surface area (Å²) in [6.07, 6.45) is 2.17. The van der Waals surface area contributed by atoms with Gasteiger partial charge in [0.1, 0.15) is 18.1 Å². The number of nitrogens with one attached hydrogen (secondary N) is 1. The fourth-order valence-electron chi connectivity index (χ4n) is 4.17. The van der Waals surface area contributed by atoms with Crippen molar-refractivity contribution in [2.75, 3.05) is 39.4 Å². The number of hydrogen-bond acceptors (Lipinski definition) is 9. The average molecular weight is 514 g/mol. The predicted molar refractivity (Wildman–Crippen MR) is 133 cm³/mol. The number of ether oxygens (including phenoxy) is 1. The van der Waals surface area contributed by atoms with Gasteiger partial charge in [0.05, 0.1) is 19.5 Å². The summed E-state index contributed by atoms with van der Waals surface area (Å²) in [4.78, 5) is 32.2. The number of hydrogen-bond donors (Lipinski definition) is 1. The molecule has 0 aromatic carbocycles. The number of aryl methyl sites for hydroxylation is 1. The molecule has 0 aliphatic carbocycles. The van der Waals surface area contributed by atoms with Crippen LogP contribution in [0.15, 0.2) is 39.4 Å². The number of morpholine rings is 1. The molecule has 4 rings (SSSR count). The predicted octanol–water partition coefficient (Wildman–Crippen LogP) is 2.04. The van der Waals surface area contributed by atoms with Gasteiger partial charge < -0.3 is 23.8 Å². The zero-order valence-electron chi connectivity index (χ0n) is 21.8. The van der Waals surface area contributed by atoms with Gasteiger partial charge in [0, 0.05) is 31.7 Å². The number of tetrazole rings is 1. The van der Waals surface area contributed by atoms with Crippen LogP contribution in [0.5, 0.6) is 0 Å². The Balaban J connectivity index is 1.54. The summed E-state index contributed by atoms with van der Waals surface area (Å²) in [5.41, 5.74) is -0.492. The highest BCUT2D eigenvalue weighted by Gasteiger charge is 2.35. The number of rotatable bonds is 10. The van der Waals surface area contributed by atoms with Gasteiger partial charge in [0.2, 0.25) is 11.7 Å². The van der Waals surface area contributed by atoms with Crippen molar-refractivity contribution < 1.29 is 23.2 Å². The van der Waals surface area contributed by atoms with Crippen LogP contribution >= 0.6 is 0 Å². The minimum absolute atomic E-state index is 0.190. The van der Waals surface area contributed by atoms with Crippen LogP contribution < -0.4 is 5.32 Å². The molecule has 1 atom stereocenters. The van der Waals surface area contributed by atoms with Crippen molar-refractivity contribution in [1.29, 1.82) is 0 Å². The molecule has 4 heterocycles. The third kappa shape index (κ3) is 7.26. The van der Waals surface area contributed by atoms with Crippen LogP contribution in [-0.2, 0) is 20.9 Å². The van der Waals surface area contributed by atoms with E-state index >= 15 is 0 Å². The Bertz CT molecular complexity index is 1160. The van der Waals surface area contributed by atoms with Gasteiger partial charge in [-0.3, -0.25) is 14.5 Å². The van der Waals surface area contributed by atoms with E-state index in [1.54, 1.807) is 29.2 Å². The van der Waals surface area contributed by atoms with Crippen molar-refractivity contribution in [3.63, 3.8) is 0 Å². The van der Waals surface area contributed by atoms with Crippen molar-refractivity contribution in [1.82, 2.24) is 35.3 Å². The fourth-order valence-corrected chi connectivity index (χ4v) is 4.17.